The van der Waals surface area contributed by atoms with E-state index in [1.54, 1.807) is 21.0 Å². The summed E-state index contributed by atoms with van der Waals surface area (Å²) in [5.41, 5.74) is 0.155. The second kappa shape index (κ2) is 7.65. The van der Waals surface area contributed by atoms with Crippen molar-refractivity contribution in [3.63, 3.8) is 0 Å². The third-order valence-corrected chi connectivity index (χ3v) is 4.33. The van der Waals surface area contributed by atoms with Gasteiger partial charge in [-0.1, -0.05) is 12.1 Å². The summed E-state index contributed by atoms with van der Waals surface area (Å²) in [6, 6.07) is 9.57. The standard InChI is InChI=1S/C18H23NO5/c1-18(2)16(15(24-17(18)20)14(22-4)9-10-19)23-11-12-5-7-13(21-3)8-6-12/h5-8,14-16H,9,11H2,1-4H3/t14-,15+,16-/m0/s1. The summed E-state index contributed by atoms with van der Waals surface area (Å²) < 4.78 is 21.9. The number of rotatable bonds is 7. The van der Waals surface area contributed by atoms with Gasteiger partial charge in [0.1, 0.15) is 18.0 Å². The number of hydrogen-bond acceptors (Lipinski definition) is 6. The molecule has 0 N–H and O–H groups in total. The third kappa shape index (κ3) is 3.69. The minimum atomic E-state index is -0.802. The number of nitriles is 1. The van der Waals surface area contributed by atoms with Crippen LogP contribution in [0.15, 0.2) is 24.3 Å². The number of carbonyl (C=O) groups is 1. The van der Waals surface area contributed by atoms with E-state index in [0.717, 1.165) is 11.3 Å². The van der Waals surface area contributed by atoms with Gasteiger partial charge in [-0.15, -0.1) is 0 Å². The Balaban J connectivity index is 2.13. The summed E-state index contributed by atoms with van der Waals surface area (Å²) in [4.78, 5) is 12.2. The molecule has 6 heteroatoms. The molecular formula is C18H23NO5. The van der Waals surface area contributed by atoms with E-state index in [-0.39, 0.29) is 12.4 Å². The Hall–Kier alpha value is -2.10. The lowest BCUT2D eigenvalue weighted by atomic mass is 9.84. The van der Waals surface area contributed by atoms with Crippen LogP contribution in [0.2, 0.25) is 0 Å². The van der Waals surface area contributed by atoms with Gasteiger partial charge in [0.2, 0.25) is 0 Å². The summed E-state index contributed by atoms with van der Waals surface area (Å²) in [6.45, 7) is 3.90. The minimum Gasteiger partial charge on any atom is -0.497 e. The maximum atomic E-state index is 12.2. The second-order valence-corrected chi connectivity index (χ2v) is 6.31. The number of methoxy groups -OCH3 is 2. The van der Waals surface area contributed by atoms with E-state index in [9.17, 15) is 4.79 Å². The molecular weight excluding hydrogens is 310 g/mol. The van der Waals surface area contributed by atoms with Crippen LogP contribution in [0.1, 0.15) is 25.8 Å². The molecule has 2 rings (SSSR count). The fourth-order valence-electron chi connectivity index (χ4n) is 2.77. The summed E-state index contributed by atoms with van der Waals surface area (Å²) in [5, 5.41) is 8.94. The molecule has 0 unspecified atom stereocenters. The Bertz CT molecular complexity index is 605. The molecule has 1 fully saturated rings. The van der Waals surface area contributed by atoms with Crippen molar-refractivity contribution in [3.8, 4) is 11.8 Å². The number of benzene rings is 1. The molecule has 1 aromatic carbocycles. The monoisotopic (exact) mass is 333 g/mol. The summed E-state index contributed by atoms with van der Waals surface area (Å²) in [5.74, 6) is 0.428. The normalized spacial score (nSPS) is 23.4. The lowest BCUT2D eigenvalue weighted by Gasteiger charge is -2.29. The highest BCUT2D eigenvalue weighted by Crippen LogP contribution is 2.39. The molecule has 0 aromatic heterocycles. The molecule has 0 radical (unpaired) electrons. The number of carbonyl (C=O) groups excluding carboxylic acids is 1. The van der Waals surface area contributed by atoms with Gasteiger partial charge < -0.3 is 18.9 Å². The molecule has 24 heavy (non-hydrogen) atoms. The highest BCUT2D eigenvalue weighted by molar-refractivity contribution is 5.79. The number of esters is 1. The molecule has 0 saturated carbocycles. The molecule has 0 aliphatic carbocycles. The van der Waals surface area contributed by atoms with Crippen LogP contribution in [-0.2, 0) is 25.6 Å². The Labute approximate surface area is 142 Å². The number of hydrogen-bond donors (Lipinski definition) is 0. The summed E-state index contributed by atoms with van der Waals surface area (Å²) in [7, 11) is 3.11. The lowest BCUT2D eigenvalue weighted by molar-refractivity contribution is -0.151. The quantitative estimate of drug-likeness (QED) is 0.713. The van der Waals surface area contributed by atoms with E-state index >= 15 is 0 Å². The summed E-state index contributed by atoms with van der Waals surface area (Å²) in [6.07, 6.45) is -1.48. The molecule has 1 aromatic rings. The zero-order valence-corrected chi connectivity index (χ0v) is 14.4. The van der Waals surface area contributed by atoms with E-state index in [0.29, 0.717) is 6.61 Å². The third-order valence-electron chi connectivity index (χ3n) is 4.33. The molecule has 0 amide bonds. The maximum Gasteiger partial charge on any atom is 0.314 e. The van der Waals surface area contributed by atoms with E-state index < -0.39 is 23.7 Å². The van der Waals surface area contributed by atoms with Gasteiger partial charge in [-0.25, -0.2) is 0 Å². The number of nitrogens with zero attached hydrogens (tertiary/aromatic N) is 1. The molecule has 0 spiro atoms. The van der Waals surface area contributed by atoms with Crippen LogP contribution in [0.5, 0.6) is 5.75 Å². The van der Waals surface area contributed by atoms with Gasteiger partial charge in [0, 0.05) is 7.11 Å². The van der Waals surface area contributed by atoms with Crippen molar-refractivity contribution in [3.05, 3.63) is 29.8 Å². The van der Waals surface area contributed by atoms with Crippen LogP contribution < -0.4 is 4.74 Å². The first kappa shape index (κ1) is 18.2. The van der Waals surface area contributed by atoms with Gasteiger partial charge in [0.25, 0.3) is 0 Å². The Morgan fingerprint density at radius 2 is 1.96 bits per heavy atom. The first-order valence-electron chi connectivity index (χ1n) is 7.79. The average Bonchev–Trinajstić information content (AvgIpc) is 2.80. The van der Waals surface area contributed by atoms with Crippen LogP contribution in [0.4, 0.5) is 0 Å². The molecule has 1 heterocycles. The average molecular weight is 333 g/mol. The van der Waals surface area contributed by atoms with Crippen LogP contribution in [0, 0.1) is 16.7 Å². The Morgan fingerprint density at radius 1 is 1.29 bits per heavy atom. The molecule has 1 saturated heterocycles. The second-order valence-electron chi connectivity index (χ2n) is 6.31. The van der Waals surface area contributed by atoms with Gasteiger partial charge in [0.15, 0.2) is 6.10 Å². The fraction of sp³-hybridized carbons (Fsp3) is 0.556. The van der Waals surface area contributed by atoms with Crippen molar-refractivity contribution in [1.82, 2.24) is 0 Å². The molecule has 0 bridgehead atoms. The van der Waals surface area contributed by atoms with E-state index in [4.69, 9.17) is 24.2 Å². The van der Waals surface area contributed by atoms with Crippen LogP contribution in [-0.4, -0.2) is 38.5 Å². The zero-order valence-electron chi connectivity index (χ0n) is 14.4. The maximum absolute atomic E-state index is 12.2. The highest BCUT2D eigenvalue weighted by Gasteiger charge is 2.54. The van der Waals surface area contributed by atoms with Gasteiger partial charge in [-0.3, -0.25) is 4.79 Å². The van der Waals surface area contributed by atoms with E-state index in [2.05, 4.69) is 6.07 Å². The molecule has 130 valence electrons. The zero-order chi connectivity index (χ0) is 17.7. The molecule has 6 nitrogen and oxygen atoms in total. The van der Waals surface area contributed by atoms with Crippen LogP contribution in [0.25, 0.3) is 0 Å². The number of cyclic esters (lactones) is 1. The molecule has 1 aliphatic heterocycles. The highest BCUT2D eigenvalue weighted by atomic mass is 16.6. The molecule has 1 aliphatic rings. The minimum absolute atomic E-state index is 0.132. The van der Waals surface area contributed by atoms with Crippen LogP contribution >= 0.6 is 0 Å². The number of ether oxygens (including phenoxy) is 4. The van der Waals surface area contributed by atoms with E-state index in [1.165, 1.54) is 7.11 Å². The summed E-state index contributed by atoms with van der Waals surface area (Å²) >= 11 is 0. The largest absolute Gasteiger partial charge is 0.497 e. The first-order valence-corrected chi connectivity index (χ1v) is 7.79. The van der Waals surface area contributed by atoms with Gasteiger partial charge >= 0.3 is 5.97 Å². The van der Waals surface area contributed by atoms with Crippen molar-refractivity contribution >= 4 is 5.97 Å². The van der Waals surface area contributed by atoms with Crippen molar-refractivity contribution in [1.29, 1.82) is 5.26 Å². The predicted molar refractivity (Wildman–Crippen MR) is 86.3 cm³/mol. The SMILES string of the molecule is COc1ccc(CO[C@H]2[C@@H]([C@H](CC#N)OC)OC(=O)C2(C)C)cc1. The molecule has 3 atom stereocenters. The topological polar surface area (TPSA) is 77.8 Å². The van der Waals surface area contributed by atoms with Gasteiger partial charge in [-0.2, -0.15) is 5.26 Å². The first-order chi connectivity index (χ1) is 11.4. The van der Waals surface area contributed by atoms with Gasteiger partial charge in [0.05, 0.1) is 31.6 Å². The smallest absolute Gasteiger partial charge is 0.314 e. The van der Waals surface area contributed by atoms with Crippen molar-refractivity contribution in [2.45, 2.75) is 45.2 Å². The van der Waals surface area contributed by atoms with Crippen molar-refractivity contribution in [2.24, 2.45) is 5.41 Å². The Morgan fingerprint density at radius 3 is 2.50 bits per heavy atom. The Kier molecular flexibility index (Phi) is 5.81. The van der Waals surface area contributed by atoms with Crippen LogP contribution in [0.3, 0.4) is 0 Å². The van der Waals surface area contributed by atoms with E-state index in [1.807, 2.05) is 24.3 Å². The van der Waals surface area contributed by atoms with Gasteiger partial charge in [-0.05, 0) is 31.5 Å². The predicted octanol–water partition coefficient (Wildman–Crippen LogP) is 2.46. The van der Waals surface area contributed by atoms with Crippen molar-refractivity contribution in [2.75, 3.05) is 14.2 Å². The fourth-order valence-corrected chi connectivity index (χ4v) is 2.77. The lowest BCUT2D eigenvalue weighted by Crippen LogP contribution is -2.42. The van der Waals surface area contributed by atoms with Crippen molar-refractivity contribution < 1.29 is 23.7 Å².